The minimum Gasteiger partial charge on any atom is -0.370 e. The zero-order chi connectivity index (χ0) is 21.8. The van der Waals surface area contributed by atoms with Gasteiger partial charge >= 0.3 is 0 Å². The Hall–Kier alpha value is -2.66. The van der Waals surface area contributed by atoms with E-state index in [9.17, 15) is 9.59 Å². The third-order valence-corrected chi connectivity index (χ3v) is 6.90. The monoisotopic (exact) mass is 420 g/mol. The number of nitrogens with one attached hydrogen (secondary N) is 1. The summed E-state index contributed by atoms with van der Waals surface area (Å²) in [5.74, 6) is 0.156. The number of likely N-dealkylation sites (tertiary alicyclic amines) is 1. The summed E-state index contributed by atoms with van der Waals surface area (Å²) in [5.41, 5.74) is 3.80. The molecule has 2 amide bonds. The van der Waals surface area contributed by atoms with Crippen molar-refractivity contribution in [1.82, 2.24) is 10.2 Å². The molecule has 31 heavy (non-hydrogen) atoms. The molecule has 1 spiro atoms. The third-order valence-electron chi connectivity index (χ3n) is 6.90. The second-order valence-electron chi connectivity index (χ2n) is 8.96. The van der Waals surface area contributed by atoms with Crippen LogP contribution in [0.3, 0.4) is 0 Å². The summed E-state index contributed by atoms with van der Waals surface area (Å²) >= 11 is 0. The third kappa shape index (κ3) is 4.99. The van der Waals surface area contributed by atoms with Gasteiger partial charge in [-0.25, -0.2) is 0 Å². The number of rotatable bonds is 5. The minimum absolute atomic E-state index is 0.0351. The van der Waals surface area contributed by atoms with E-state index in [1.807, 2.05) is 67.3 Å². The van der Waals surface area contributed by atoms with Crippen molar-refractivity contribution in [1.29, 1.82) is 0 Å². The van der Waals surface area contributed by atoms with Gasteiger partial charge in [-0.3, -0.25) is 9.59 Å². The lowest BCUT2D eigenvalue weighted by Gasteiger charge is -2.39. The quantitative estimate of drug-likeness (QED) is 0.800. The zero-order valence-electron chi connectivity index (χ0n) is 18.5. The fourth-order valence-corrected chi connectivity index (χ4v) is 4.75. The Morgan fingerprint density at radius 2 is 1.77 bits per heavy atom. The second-order valence-corrected chi connectivity index (χ2v) is 8.96. The first-order valence-corrected chi connectivity index (χ1v) is 11.3. The average molecular weight is 421 g/mol. The number of amides is 2. The highest BCUT2D eigenvalue weighted by Gasteiger charge is 2.43. The zero-order valence-corrected chi connectivity index (χ0v) is 18.5. The molecule has 2 heterocycles. The minimum atomic E-state index is -0.141. The lowest BCUT2D eigenvalue weighted by Crippen LogP contribution is -2.47. The van der Waals surface area contributed by atoms with Gasteiger partial charge in [0.05, 0.1) is 18.1 Å². The first-order valence-electron chi connectivity index (χ1n) is 11.3. The van der Waals surface area contributed by atoms with E-state index in [0.717, 1.165) is 61.0 Å². The molecule has 0 aromatic heterocycles. The van der Waals surface area contributed by atoms with Crippen LogP contribution < -0.4 is 5.32 Å². The van der Waals surface area contributed by atoms with Crippen molar-refractivity contribution in [2.45, 2.75) is 57.7 Å². The number of hydrogen-bond donors (Lipinski definition) is 1. The standard InChI is InChI=1S/C26H32N2O3/c1-19-7-6-10-23(20(19)2)25(30)27-18-22-11-12-26(31-22)13-15-28(16-14-26)24(29)17-21-8-4-3-5-9-21/h3-10,22H,11-18H2,1-2H3,(H,27,30). The molecule has 0 radical (unpaired) electrons. The maximum Gasteiger partial charge on any atom is 0.251 e. The van der Waals surface area contributed by atoms with Crippen molar-refractivity contribution in [3.05, 3.63) is 70.8 Å². The van der Waals surface area contributed by atoms with E-state index in [0.29, 0.717) is 13.0 Å². The van der Waals surface area contributed by atoms with Gasteiger partial charge in [-0.1, -0.05) is 42.5 Å². The molecule has 5 nitrogen and oxygen atoms in total. The van der Waals surface area contributed by atoms with Crippen LogP contribution in [0.5, 0.6) is 0 Å². The van der Waals surface area contributed by atoms with Crippen LogP contribution in [-0.2, 0) is 16.0 Å². The predicted octanol–water partition coefficient (Wildman–Crippen LogP) is 3.82. The second kappa shape index (κ2) is 9.23. The van der Waals surface area contributed by atoms with Crippen molar-refractivity contribution in [2.75, 3.05) is 19.6 Å². The molecule has 5 heteroatoms. The van der Waals surface area contributed by atoms with Gasteiger partial charge in [0.15, 0.2) is 0 Å². The molecular formula is C26H32N2O3. The predicted molar refractivity (Wildman–Crippen MR) is 121 cm³/mol. The van der Waals surface area contributed by atoms with Crippen LogP contribution in [0.4, 0.5) is 0 Å². The lowest BCUT2D eigenvalue weighted by molar-refractivity contribution is -0.136. The molecule has 1 atom stereocenters. The molecule has 2 aliphatic heterocycles. The van der Waals surface area contributed by atoms with Crippen LogP contribution in [0.1, 0.15) is 52.7 Å². The maximum absolute atomic E-state index is 12.6. The average Bonchev–Trinajstić information content (AvgIpc) is 3.17. The highest BCUT2D eigenvalue weighted by molar-refractivity contribution is 5.95. The van der Waals surface area contributed by atoms with Crippen molar-refractivity contribution < 1.29 is 14.3 Å². The Bertz CT molecular complexity index is 933. The number of hydrogen-bond acceptors (Lipinski definition) is 3. The van der Waals surface area contributed by atoms with Crippen molar-refractivity contribution in [3.63, 3.8) is 0 Å². The Kier molecular flexibility index (Phi) is 6.42. The van der Waals surface area contributed by atoms with E-state index in [4.69, 9.17) is 4.74 Å². The van der Waals surface area contributed by atoms with Gasteiger partial charge in [0.2, 0.25) is 5.91 Å². The molecule has 164 valence electrons. The van der Waals surface area contributed by atoms with Crippen molar-refractivity contribution in [3.8, 4) is 0 Å². The van der Waals surface area contributed by atoms with Crippen LogP contribution in [0, 0.1) is 13.8 Å². The SMILES string of the molecule is Cc1cccc(C(=O)NCC2CCC3(CCN(C(=O)Cc4ccccc4)CC3)O2)c1C. The van der Waals surface area contributed by atoms with Gasteiger partial charge in [0.25, 0.3) is 5.91 Å². The van der Waals surface area contributed by atoms with E-state index in [1.165, 1.54) is 0 Å². The van der Waals surface area contributed by atoms with Crippen LogP contribution in [0.15, 0.2) is 48.5 Å². The summed E-state index contributed by atoms with van der Waals surface area (Å²) in [5, 5.41) is 3.06. The number of benzene rings is 2. The van der Waals surface area contributed by atoms with E-state index in [2.05, 4.69) is 5.32 Å². The molecule has 2 aromatic rings. The summed E-state index contributed by atoms with van der Waals surface area (Å²) in [7, 11) is 0. The Morgan fingerprint density at radius 1 is 1.03 bits per heavy atom. The molecule has 1 unspecified atom stereocenters. The molecule has 2 saturated heterocycles. The summed E-state index contributed by atoms with van der Waals surface area (Å²) in [6.45, 7) is 6.02. The fraction of sp³-hybridized carbons (Fsp3) is 0.462. The van der Waals surface area contributed by atoms with Gasteiger partial charge in [-0.15, -0.1) is 0 Å². The number of carbonyl (C=O) groups is 2. The van der Waals surface area contributed by atoms with Crippen molar-refractivity contribution in [2.24, 2.45) is 0 Å². The first-order chi connectivity index (χ1) is 15.0. The largest absolute Gasteiger partial charge is 0.370 e. The molecule has 2 aromatic carbocycles. The number of aryl methyl sites for hydroxylation is 1. The number of nitrogens with zero attached hydrogens (tertiary/aromatic N) is 1. The van der Waals surface area contributed by atoms with Crippen LogP contribution in [-0.4, -0.2) is 48.1 Å². The van der Waals surface area contributed by atoms with E-state index in [1.54, 1.807) is 0 Å². The van der Waals surface area contributed by atoms with Crippen LogP contribution in [0.25, 0.3) is 0 Å². The van der Waals surface area contributed by atoms with Crippen LogP contribution in [0.2, 0.25) is 0 Å². The number of ether oxygens (including phenoxy) is 1. The van der Waals surface area contributed by atoms with Gasteiger partial charge in [-0.2, -0.15) is 0 Å². The maximum atomic E-state index is 12.6. The Morgan fingerprint density at radius 3 is 2.52 bits per heavy atom. The highest BCUT2D eigenvalue weighted by atomic mass is 16.5. The Labute approximate surface area is 184 Å². The molecule has 1 N–H and O–H groups in total. The van der Waals surface area contributed by atoms with Crippen LogP contribution >= 0.6 is 0 Å². The van der Waals surface area contributed by atoms with Gasteiger partial charge in [0.1, 0.15) is 0 Å². The molecule has 0 bridgehead atoms. The lowest BCUT2D eigenvalue weighted by atomic mass is 9.88. The number of carbonyl (C=O) groups excluding carboxylic acids is 2. The van der Waals surface area contributed by atoms with Gasteiger partial charge < -0.3 is 15.0 Å². The highest BCUT2D eigenvalue weighted by Crippen LogP contribution is 2.38. The summed E-state index contributed by atoms with van der Waals surface area (Å²) in [4.78, 5) is 27.2. The normalized spacial score (nSPS) is 20.1. The van der Waals surface area contributed by atoms with E-state index >= 15 is 0 Å². The Balaban J connectivity index is 1.25. The van der Waals surface area contributed by atoms with Gasteiger partial charge in [0, 0.05) is 25.2 Å². The summed E-state index contributed by atoms with van der Waals surface area (Å²) in [6, 6.07) is 15.7. The molecule has 0 saturated carbocycles. The molecule has 4 rings (SSSR count). The smallest absolute Gasteiger partial charge is 0.251 e. The molecule has 2 aliphatic rings. The summed E-state index contributed by atoms with van der Waals surface area (Å²) < 4.78 is 6.42. The molecule has 2 fully saturated rings. The molecular weight excluding hydrogens is 388 g/mol. The van der Waals surface area contributed by atoms with Crippen molar-refractivity contribution >= 4 is 11.8 Å². The first kappa shape index (κ1) is 21.6. The molecule has 0 aliphatic carbocycles. The number of piperidine rings is 1. The topological polar surface area (TPSA) is 58.6 Å². The van der Waals surface area contributed by atoms with Gasteiger partial charge in [-0.05, 0) is 62.3 Å². The summed E-state index contributed by atoms with van der Waals surface area (Å²) in [6.07, 6.45) is 4.19. The van der Waals surface area contributed by atoms with E-state index < -0.39 is 0 Å². The fourth-order valence-electron chi connectivity index (χ4n) is 4.75. The van der Waals surface area contributed by atoms with E-state index in [-0.39, 0.29) is 23.5 Å².